The van der Waals surface area contributed by atoms with Crippen molar-refractivity contribution in [1.29, 1.82) is 0 Å². The van der Waals surface area contributed by atoms with Crippen LogP contribution in [0.4, 0.5) is 0 Å². The summed E-state index contributed by atoms with van der Waals surface area (Å²) in [4.78, 5) is 11.4. The third kappa shape index (κ3) is 3.37. The highest BCUT2D eigenvalue weighted by Crippen LogP contribution is 2.45. The number of rotatable bonds is 5. The van der Waals surface area contributed by atoms with E-state index < -0.39 is 73.6 Å². The first kappa shape index (κ1) is 20.2. The quantitative estimate of drug-likeness (QED) is 0.233. The molecule has 2 aliphatic heterocycles. The predicted molar refractivity (Wildman–Crippen MR) is 83.6 cm³/mol. The zero-order chi connectivity index (χ0) is 19.9. The average molecular weight is 390 g/mol. The number of aliphatic carboxylic acids is 1. The monoisotopic (exact) mass is 390 g/mol. The standard InChI is InChI=1S/C16H22O11/c17-3-8-10(19)11(20)12(21)15(26-8)27-14-9-6(1-2-16(9,24)5-18)7(4-25-14)13(22)23/h1-2,4,6,8-12,14-15,17-21,24H,3,5H2,(H,22,23)/t6-,8?,9+,10-,11-,12+,14-,15?,16-/m0/s1. The second kappa shape index (κ2) is 7.45. The number of hydrogen-bond acceptors (Lipinski definition) is 10. The van der Waals surface area contributed by atoms with Crippen molar-refractivity contribution in [3.8, 4) is 0 Å². The minimum absolute atomic E-state index is 0.158. The fourth-order valence-electron chi connectivity index (χ4n) is 3.60. The lowest BCUT2D eigenvalue weighted by molar-refractivity contribution is -0.346. The highest BCUT2D eigenvalue weighted by Gasteiger charge is 2.55. The number of aliphatic hydroxyl groups is 6. The molecule has 3 aliphatic rings. The average Bonchev–Trinajstić information content (AvgIpc) is 3.01. The number of carboxylic acids is 1. The van der Waals surface area contributed by atoms with Crippen LogP contribution in [0.5, 0.6) is 0 Å². The maximum absolute atomic E-state index is 11.4. The van der Waals surface area contributed by atoms with E-state index in [4.69, 9.17) is 14.2 Å². The first-order valence-electron chi connectivity index (χ1n) is 8.31. The van der Waals surface area contributed by atoms with E-state index in [9.17, 15) is 40.5 Å². The van der Waals surface area contributed by atoms with Crippen LogP contribution in [0.2, 0.25) is 0 Å². The molecule has 2 heterocycles. The lowest BCUT2D eigenvalue weighted by Gasteiger charge is -2.44. The van der Waals surface area contributed by atoms with Crippen molar-refractivity contribution in [3.05, 3.63) is 24.0 Å². The van der Waals surface area contributed by atoms with E-state index in [0.717, 1.165) is 6.26 Å². The number of fused-ring (bicyclic) bond motifs is 1. The smallest absolute Gasteiger partial charge is 0.335 e. The highest BCUT2D eigenvalue weighted by atomic mass is 16.8. The normalized spacial score (nSPS) is 46.5. The van der Waals surface area contributed by atoms with Crippen LogP contribution in [0.1, 0.15) is 0 Å². The van der Waals surface area contributed by atoms with Gasteiger partial charge >= 0.3 is 5.97 Å². The number of hydrogen-bond donors (Lipinski definition) is 7. The first-order valence-corrected chi connectivity index (χ1v) is 8.31. The molecule has 0 aromatic carbocycles. The van der Waals surface area contributed by atoms with Crippen molar-refractivity contribution >= 4 is 5.97 Å². The summed E-state index contributed by atoms with van der Waals surface area (Å²) in [5.74, 6) is -3.20. The van der Waals surface area contributed by atoms with Gasteiger partial charge in [0.25, 0.3) is 0 Å². The summed E-state index contributed by atoms with van der Waals surface area (Å²) in [5, 5.41) is 68.4. The SMILES string of the molecule is O=C(O)C1=CO[C@@H](OC2OC(CO)[C@H](O)[C@H](O)[C@H]2O)[C@H]2[C@H]1C=C[C@]2(O)CO. The lowest BCUT2D eigenvalue weighted by atomic mass is 9.79. The largest absolute Gasteiger partial charge is 0.478 e. The Labute approximate surface area is 153 Å². The molecule has 0 saturated carbocycles. The van der Waals surface area contributed by atoms with Crippen molar-refractivity contribution in [1.82, 2.24) is 0 Å². The molecule has 3 rings (SSSR count). The Morgan fingerprint density at radius 1 is 1.15 bits per heavy atom. The molecular weight excluding hydrogens is 368 g/mol. The van der Waals surface area contributed by atoms with Crippen molar-refractivity contribution in [2.45, 2.75) is 42.6 Å². The van der Waals surface area contributed by atoms with Crippen molar-refractivity contribution in [3.63, 3.8) is 0 Å². The molecule has 7 N–H and O–H groups in total. The van der Waals surface area contributed by atoms with Gasteiger partial charge in [0.1, 0.15) is 30.0 Å². The van der Waals surface area contributed by atoms with Crippen LogP contribution in [-0.2, 0) is 19.0 Å². The fraction of sp³-hybridized carbons (Fsp3) is 0.688. The van der Waals surface area contributed by atoms with E-state index in [1.165, 1.54) is 12.2 Å². The van der Waals surface area contributed by atoms with Crippen LogP contribution < -0.4 is 0 Å². The van der Waals surface area contributed by atoms with Gasteiger partial charge in [0.05, 0.1) is 31.0 Å². The fourth-order valence-corrected chi connectivity index (χ4v) is 3.60. The second-order valence-electron chi connectivity index (χ2n) is 6.78. The molecule has 0 bridgehead atoms. The van der Waals surface area contributed by atoms with Gasteiger partial charge in [-0.1, -0.05) is 12.2 Å². The maximum Gasteiger partial charge on any atom is 0.335 e. The minimum atomic E-state index is -1.85. The molecule has 2 unspecified atom stereocenters. The molecule has 1 fully saturated rings. The van der Waals surface area contributed by atoms with Gasteiger partial charge in [-0.3, -0.25) is 0 Å². The predicted octanol–water partition coefficient (Wildman–Crippen LogP) is -3.35. The van der Waals surface area contributed by atoms with E-state index in [2.05, 4.69) is 0 Å². The summed E-state index contributed by atoms with van der Waals surface area (Å²) in [6.45, 7) is -1.40. The number of aliphatic hydroxyl groups excluding tert-OH is 5. The molecule has 11 nitrogen and oxygen atoms in total. The summed E-state index contributed by atoms with van der Waals surface area (Å²) in [6.07, 6.45) is -5.48. The molecule has 152 valence electrons. The Morgan fingerprint density at radius 3 is 2.44 bits per heavy atom. The molecule has 1 aliphatic carbocycles. The van der Waals surface area contributed by atoms with Crippen LogP contribution >= 0.6 is 0 Å². The van der Waals surface area contributed by atoms with Gasteiger partial charge in [-0.15, -0.1) is 0 Å². The Bertz CT molecular complexity index is 632. The van der Waals surface area contributed by atoms with Crippen LogP contribution in [-0.4, -0.2) is 97.5 Å². The molecule has 11 heteroatoms. The molecular formula is C16H22O11. The van der Waals surface area contributed by atoms with Gasteiger partial charge in [-0.05, 0) is 0 Å². The molecule has 0 radical (unpaired) electrons. The van der Waals surface area contributed by atoms with Gasteiger partial charge in [0, 0.05) is 5.92 Å². The van der Waals surface area contributed by atoms with Gasteiger partial charge in [0.2, 0.25) is 6.29 Å². The van der Waals surface area contributed by atoms with Crippen LogP contribution in [0.3, 0.4) is 0 Å². The van der Waals surface area contributed by atoms with Crippen molar-refractivity contribution in [2.24, 2.45) is 11.8 Å². The summed E-state index contributed by atoms with van der Waals surface area (Å²) in [7, 11) is 0. The Kier molecular flexibility index (Phi) is 5.57. The zero-order valence-electron chi connectivity index (χ0n) is 14.0. The molecule has 1 saturated heterocycles. The molecule has 9 atom stereocenters. The number of ether oxygens (including phenoxy) is 3. The summed E-state index contributed by atoms with van der Waals surface area (Å²) in [5.41, 5.74) is -2.01. The Morgan fingerprint density at radius 2 is 1.85 bits per heavy atom. The van der Waals surface area contributed by atoms with Gasteiger partial charge < -0.3 is 50.0 Å². The molecule has 0 amide bonds. The first-order chi connectivity index (χ1) is 12.7. The van der Waals surface area contributed by atoms with Crippen LogP contribution in [0, 0.1) is 11.8 Å². The summed E-state index contributed by atoms with van der Waals surface area (Å²) in [6, 6.07) is 0. The molecule has 0 aromatic heterocycles. The molecule has 0 aromatic rings. The third-order valence-electron chi connectivity index (χ3n) is 5.15. The van der Waals surface area contributed by atoms with E-state index in [-0.39, 0.29) is 5.57 Å². The van der Waals surface area contributed by atoms with Crippen molar-refractivity contribution in [2.75, 3.05) is 13.2 Å². The third-order valence-corrected chi connectivity index (χ3v) is 5.15. The number of allylic oxidation sites excluding steroid dienone is 1. The molecule has 0 spiro atoms. The van der Waals surface area contributed by atoms with Crippen LogP contribution in [0.25, 0.3) is 0 Å². The van der Waals surface area contributed by atoms with Crippen molar-refractivity contribution < 1.29 is 54.8 Å². The Hall–Kier alpha value is -1.57. The minimum Gasteiger partial charge on any atom is -0.478 e. The summed E-state index contributed by atoms with van der Waals surface area (Å²) >= 11 is 0. The highest BCUT2D eigenvalue weighted by molar-refractivity contribution is 5.87. The maximum atomic E-state index is 11.4. The molecule has 27 heavy (non-hydrogen) atoms. The van der Waals surface area contributed by atoms with Crippen LogP contribution in [0.15, 0.2) is 24.0 Å². The van der Waals surface area contributed by atoms with E-state index in [1.807, 2.05) is 0 Å². The van der Waals surface area contributed by atoms with Gasteiger partial charge in [-0.25, -0.2) is 4.79 Å². The number of carboxylic acid groups (broad SMARTS) is 1. The second-order valence-corrected chi connectivity index (χ2v) is 6.78. The zero-order valence-corrected chi connectivity index (χ0v) is 14.0. The van der Waals surface area contributed by atoms with E-state index in [0.29, 0.717) is 0 Å². The van der Waals surface area contributed by atoms with Gasteiger partial charge in [0.15, 0.2) is 6.29 Å². The van der Waals surface area contributed by atoms with E-state index in [1.54, 1.807) is 0 Å². The number of carbonyl (C=O) groups is 1. The van der Waals surface area contributed by atoms with Gasteiger partial charge in [-0.2, -0.15) is 0 Å². The lowest BCUT2D eigenvalue weighted by Crippen LogP contribution is -2.61. The van der Waals surface area contributed by atoms with E-state index >= 15 is 0 Å². The Balaban J connectivity index is 1.84. The topological polar surface area (TPSA) is 186 Å². The summed E-state index contributed by atoms with van der Waals surface area (Å²) < 4.78 is 16.0.